The molecule has 4 aromatic rings. The second-order valence-corrected chi connectivity index (χ2v) is 8.49. The molecule has 0 bridgehead atoms. The van der Waals surface area contributed by atoms with Crippen LogP contribution < -0.4 is 11.2 Å². The minimum absolute atomic E-state index is 0.0189. The zero-order chi connectivity index (χ0) is 24.3. The van der Waals surface area contributed by atoms with E-state index in [-0.39, 0.29) is 13.0 Å². The van der Waals surface area contributed by atoms with E-state index >= 15 is 4.39 Å². The highest BCUT2D eigenvalue weighted by Gasteiger charge is 2.42. The molecule has 0 amide bonds. The monoisotopic (exact) mass is 472 g/mol. The molecule has 1 fully saturated rings. The van der Waals surface area contributed by atoms with Gasteiger partial charge in [0.1, 0.15) is 24.1 Å². The number of aromatic amines is 1. The van der Waals surface area contributed by atoms with Gasteiger partial charge in [0.2, 0.25) is 0 Å². The zero-order valence-corrected chi connectivity index (χ0v) is 18.9. The molecule has 1 N–H and O–H groups in total. The Balaban J connectivity index is 1.50. The highest BCUT2D eigenvalue weighted by Crippen LogP contribution is 2.41. The van der Waals surface area contributed by atoms with Gasteiger partial charge < -0.3 is 9.47 Å². The number of halogens is 1. The molecule has 35 heavy (non-hydrogen) atoms. The van der Waals surface area contributed by atoms with Crippen molar-refractivity contribution in [3.8, 4) is 0 Å². The van der Waals surface area contributed by atoms with Gasteiger partial charge in [-0.3, -0.25) is 14.3 Å². The minimum atomic E-state index is -1.35. The number of nitrogens with one attached hydrogen (secondary N) is 1. The fourth-order valence-corrected chi connectivity index (χ4v) is 4.64. The van der Waals surface area contributed by atoms with E-state index in [0.29, 0.717) is 0 Å². The van der Waals surface area contributed by atoms with Crippen LogP contribution in [-0.2, 0) is 15.1 Å². The van der Waals surface area contributed by atoms with E-state index in [1.165, 1.54) is 16.8 Å². The smallest absolute Gasteiger partial charge is 0.330 e. The molecule has 6 nitrogen and oxygen atoms in total. The molecule has 1 saturated heterocycles. The van der Waals surface area contributed by atoms with Crippen molar-refractivity contribution in [3.63, 3.8) is 0 Å². The van der Waals surface area contributed by atoms with Crippen LogP contribution in [0.25, 0.3) is 0 Å². The van der Waals surface area contributed by atoms with E-state index in [1.54, 1.807) is 0 Å². The van der Waals surface area contributed by atoms with Crippen LogP contribution in [0, 0.1) is 0 Å². The quantitative estimate of drug-likeness (QED) is 0.410. The summed E-state index contributed by atoms with van der Waals surface area (Å²) in [5, 5.41) is 0. The molecule has 1 aromatic heterocycles. The summed E-state index contributed by atoms with van der Waals surface area (Å²) >= 11 is 0. The maximum atomic E-state index is 15.1. The number of ether oxygens (including phenoxy) is 2. The molecule has 0 aliphatic carbocycles. The van der Waals surface area contributed by atoms with Crippen LogP contribution in [0.1, 0.15) is 29.3 Å². The van der Waals surface area contributed by atoms with Crippen LogP contribution in [0.5, 0.6) is 0 Å². The van der Waals surface area contributed by atoms with Gasteiger partial charge in [0.15, 0.2) is 0 Å². The maximum Gasteiger partial charge on any atom is 0.330 e. The van der Waals surface area contributed by atoms with Gasteiger partial charge >= 0.3 is 5.69 Å². The molecule has 0 spiro atoms. The minimum Gasteiger partial charge on any atom is -0.358 e. The Hall–Kier alpha value is -3.81. The normalized spacial score (nSPS) is 20.1. The summed E-state index contributed by atoms with van der Waals surface area (Å²) < 4.78 is 28.9. The fraction of sp³-hybridized carbons (Fsp3) is 0.214. The molecule has 3 atom stereocenters. The Labute approximate surface area is 201 Å². The van der Waals surface area contributed by atoms with E-state index in [1.807, 2.05) is 91.0 Å². The number of benzene rings is 3. The summed E-state index contributed by atoms with van der Waals surface area (Å²) in [5.74, 6) is 0. The van der Waals surface area contributed by atoms with Gasteiger partial charge in [-0.25, -0.2) is 9.18 Å². The zero-order valence-electron chi connectivity index (χ0n) is 18.9. The van der Waals surface area contributed by atoms with Gasteiger partial charge in [0.05, 0.1) is 6.61 Å². The van der Waals surface area contributed by atoms with Gasteiger partial charge in [0, 0.05) is 18.7 Å². The van der Waals surface area contributed by atoms with Crippen molar-refractivity contribution in [2.45, 2.75) is 30.5 Å². The third-order valence-corrected chi connectivity index (χ3v) is 6.33. The summed E-state index contributed by atoms with van der Waals surface area (Å²) in [7, 11) is 0. The molecule has 7 heteroatoms. The number of hydrogen-bond acceptors (Lipinski definition) is 4. The lowest BCUT2D eigenvalue weighted by Gasteiger charge is -2.36. The van der Waals surface area contributed by atoms with Gasteiger partial charge in [-0.15, -0.1) is 0 Å². The van der Waals surface area contributed by atoms with E-state index in [2.05, 4.69) is 4.98 Å². The average molecular weight is 473 g/mol. The third-order valence-electron chi connectivity index (χ3n) is 6.33. The summed E-state index contributed by atoms with van der Waals surface area (Å²) in [6, 6.07) is 30.7. The van der Waals surface area contributed by atoms with E-state index < -0.39 is 35.4 Å². The average Bonchev–Trinajstić information content (AvgIpc) is 3.26. The number of nitrogens with zero attached hydrogens (tertiary/aromatic N) is 1. The first kappa shape index (κ1) is 23.0. The lowest BCUT2D eigenvalue weighted by atomic mass is 9.80. The van der Waals surface area contributed by atoms with Gasteiger partial charge in [0.25, 0.3) is 5.56 Å². The molecular formula is C28H25FN2O4. The van der Waals surface area contributed by atoms with E-state index in [4.69, 9.17) is 9.47 Å². The van der Waals surface area contributed by atoms with Crippen LogP contribution in [0.15, 0.2) is 113 Å². The SMILES string of the molecule is O=c1ccn([C@@H]2C[C@@H](F)[C@H](COC(c3ccccc3)(c3ccccc3)c3ccccc3)O2)c(=O)[nH]1. The molecule has 2 heterocycles. The fourth-order valence-electron chi connectivity index (χ4n) is 4.64. The number of alkyl halides is 1. The summed E-state index contributed by atoms with van der Waals surface area (Å²) in [4.78, 5) is 25.8. The van der Waals surface area contributed by atoms with Crippen LogP contribution in [0.3, 0.4) is 0 Å². The van der Waals surface area contributed by atoms with Crippen molar-refractivity contribution in [1.29, 1.82) is 0 Å². The third kappa shape index (κ3) is 4.48. The van der Waals surface area contributed by atoms with Crippen molar-refractivity contribution >= 4 is 0 Å². The molecule has 0 unspecified atom stereocenters. The number of aromatic nitrogens is 2. The highest BCUT2D eigenvalue weighted by molar-refractivity contribution is 5.47. The molecule has 178 valence electrons. The Morgan fingerprint density at radius 2 is 1.37 bits per heavy atom. The van der Waals surface area contributed by atoms with Crippen molar-refractivity contribution < 1.29 is 13.9 Å². The summed E-state index contributed by atoms with van der Waals surface area (Å²) in [6.45, 7) is -0.0472. The first-order valence-corrected chi connectivity index (χ1v) is 11.5. The molecule has 0 radical (unpaired) electrons. The van der Waals surface area contributed by atoms with Crippen molar-refractivity contribution in [1.82, 2.24) is 9.55 Å². The van der Waals surface area contributed by atoms with Gasteiger partial charge in [-0.05, 0) is 16.7 Å². The van der Waals surface area contributed by atoms with Crippen LogP contribution in [0.2, 0.25) is 0 Å². The Bertz CT molecular complexity index is 1280. The largest absolute Gasteiger partial charge is 0.358 e. The maximum absolute atomic E-state index is 15.1. The first-order chi connectivity index (χ1) is 17.1. The molecule has 1 aliphatic heterocycles. The molecule has 3 aromatic carbocycles. The van der Waals surface area contributed by atoms with Crippen molar-refractivity contribution in [2.75, 3.05) is 6.61 Å². The van der Waals surface area contributed by atoms with Gasteiger partial charge in [-0.2, -0.15) is 0 Å². The summed E-state index contributed by atoms with van der Waals surface area (Å²) in [5.41, 5.74) is 0.556. The lowest BCUT2D eigenvalue weighted by molar-refractivity contribution is -0.0868. The van der Waals surface area contributed by atoms with E-state index in [9.17, 15) is 9.59 Å². The topological polar surface area (TPSA) is 73.3 Å². The second-order valence-electron chi connectivity index (χ2n) is 8.49. The number of H-pyrrole nitrogens is 1. The van der Waals surface area contributed by atoms with Crippen molar-refractivity contribution in [3.05, 3.63) is 141 Å². The van der Waals surface area contributed by atoms with Crippen LogP contribution >= 0.6 is 0 Å². The number of hydrogen-bond donors (Lipinski definition) is 1. The first-order valence-electron chi connectivity index (χ1n) is 11.5. The predicted molar refractivity (Wildman–Crippen MR) is 130 cm³/mol. The predicted octanol–water partition coefficient (Wildman–Crippen LogP) is 4.17. The molecular weight excluding hydrogens is 447 g/mol. The van der Waals surface area contributed by atoms with Crippen LogP contribution in [-0.4, -0.2) is 28.4 Å². The standard InChI is InChI=1S/C28H25FN2O4/c29-23-18-26(31-17-16-25(32)30-27(31)33)35-24(23)19-34-28(20-10-4-1-5-11-20,21-12-6-2-7-13-21)22-14-8-3-9-15-22/h1-17,23-24,26H,18-19H2,(H,30,32,33)/t23-,24+,26+/m1/s1. The second kappa shape index (κ2) is 9.82. The van der Waals surface area contributed by atoms with Crippen LogP contribution in [0.4, 0.5) is 4.39 Å². The Kier molecular flexibility index (Phi) is 6.44. The molecule has 1 aliphatic rings. The Morgan fingerprint density at radius 3 is 1.86 bits per heavy atom. The van der Waals surface area contributed by atoms with Crippen molar-refractivity contribution in [2.24, 2.45) is 0 Å². The lowest BCUT2D eigenvalue weighted by Crippen LogP contribution is -2.37. The summed E-state index contributed by atoms with van der Waals surface area (Å²) in [6.07, 6.45) is -1.77. The molecule has 0 saturated carbocycles. The Morgan fingerprint density at radius 1 is 0.857 bits per heavy atom. The number of rotatable bonds is 7. The van der Waals surface area contributed by atoms with Gasteiger partial charge in [-0.1, -0.05) is 91.0 Å². The van der Waals surface area contributed by atoms with E-state index in [0.717, 1.165) is 16.7 Å². The molecule has 5 rings (SSSR count). The highest BCUT2D eigenvalue weighted by atomic mass is 19.1.